The minimum Gasteiger partial charge on any atom is -0.366 e. The molecule has 0 aliphatic carbocycles. The largest absolute Gasteiger partial charge is 0.366 e. The number of rotatable bonds is 6. The van der Waals surface area contributed by atoms with Gasteiger partial charge in [0.05, 0.1) is 5.69 Å². The smallest absolute Gasteiger partial charge is 0.131 e. The molecular weight excluding hydrogens is 314 g/mol. The highest BCUT2D eigenvalue weighted by molar-refractivity contribution is 9.10. The molecule has 104 valence electrons. The van der Waals surface area contributed by atoms with Crippen LogP contribution in [0, 0.1) is 0 Å². The zero-order chi connectivity index (χ0) is 14.4. The van der Waals surface area contributed by atoms with Gasteiger partial charge in [0.15, 0.2) is 0 Å². The quantitative estimate of drug-likeness (QED) is 0.780. The van der Waals surface area contributed by atoms with Crippen molar-refractivity contribution in [1.29, 1.82) is 0 Å². The molecule has 0 aliphatic rings. The second-order valence-electron chi connectivity index (χ2n) is 4.81. The van der Waals surface area contributed by atoms with Gasteiger partial charge in [-0.15, -0.1) is 0 Å². The average molecular weight is 332 g/mol. The lowest BCUT2D eigenvalue weighted by atomic mass is 10.1. The Labute approximate surface area is 128 Å². The van der Waals surface area contributed by atoms with Crippen LogP contribution in [0.2, 0.25) is 0 Å². The minimum atomic E-state index is 0.218. The molecule has 0 bridgehead atoms. The van der Waals surface area contributed by atoms with Crippen LogP contribution < -0.4 is 4.90 Å². The second kappa shape index (κ2) is 7.25. The first-order chi connectivity index (χ1) is 9.66. The summed E-state index contributed by atoms with van der Waals surface area (Å²) < 4.78 is 1.06. The molecule has 0 unspecified atom stereocenters. The van der Waals surface area contributed by atoms with Crippen molar-refractivity contribution in [2.24, 2.45) is 0 Å². The number of halogens is 1. The van der Waals surface area contributed by atoms with E-state index < -0.39 is 0 Å². The highest BCUT2D eigenvalue weighted by Crippen LogP contribution is 2.27. The Balaban J connectivity index is 2.20. The average Bonchev–Trinajstić information content (AvgIpc) is 2.45. The Hall–Kier alpha value is -1.61. The summed E-state index contributed by atoms with van der Waals surface area (Å²) in [6.07, 6.45) is 0.564. The van der Waals surface area contributed by atoms with Gasteiger partial charge in [-0.1, -0.05) is 42.5 Å². The molecule has 0 N–H and O–H groups in total. The maximum absolute atomic E-state index is 11.3. The molecule has 2 nitrogen and oxygen atoms in total. The number of nitrogens with zero attached hydrogens (tertiary/aromatic N) is 1. The van der Waals surface area contributed by atoms with E-state index in [2.05, 4.69) is 39.0 Å². The van der Waals surface area contributed by atoms with E-state index in [0.29, 0.717) is 6.42 Å². The number of benzene rings is 2. The molecule has 0 amide bonds. The molecular formula is C17H18BrNO. The molecule has 0 radical (unpaired) electrons. The van der Waals surface area contributed by atoms with E-state index >= 15 is 0 Å². The van der Waals surface area contributed by atoms with Crippen molar-refractivity contribution in [2.45, 2.75) is 19.9 Å². The first kappa shape index (κ1) is 14.8. The molecule has 0 spiro atoms. The standard InChI is InChI=1S/C17H18BrNO/c1-14(20)11-12-19(13-15-7-3-2-4-8-15)17-10-6-5-9-16(17)18/h2-10H,11-13H2,1H3. The third-order valence-electron chi connectivity index (χ3n) is 3.14. The monoisotopic (exact) mass is 331 g/mol. The summed E-state index contributed by atoms with van der Waals surface area (Å²) >= 11 is 3.59. The van der Waals surface area contributed by atoms with Crippen molar-refractivity contribution in [3.63, 3.8) is 0 Å². The normalized spacial score (nSPS) is 10.3. The van der Waals surface area contributed by atoms with Crippen LogP contribution in [0.4, 0.5) is 5.69 Å². The lowest BCUT2D eigenvalue weighted by Crippen LogP contribution is -2.25. The SMILES string of the molecule is CC(=O)CCN(Cc1ccccc1)c1ccccc1Br. The highest BCUT2D eigenvalue weighted by atomic mass is 79.9. The van der Waals surface area contributed by atoms with Gasteiger partial charge in [-0.05, 0) is 40.5 Å². The summed E-state index contributed by atoms with van der Waals surface area (Å²) in [6, 6.07) is 18.4. The molecule has 0 aromatic heterocycles. The van der Waals surface area contributed by atoms with E-state index in [9.17, 15) is 4.79 Å². The van der Waals surface area contributed by atoms with Gasteiger partial charge >= 0.3 is 0 Å². The summed E-state index contributed by atoms with van der Waals surface area (Å²) in [5.41, 5.74) is 2.37. The zero-order valence-corrected chi connectivity index (χ0v) is 13.1. The van der Waals surface area contributed by atoms with Gasteiger partial charge in [0.2, 0.25) is 0 Å². The zero-order valence-electron chi connectivity index (χ0n) is 11.6. The van der Waals surface area contributed by atoms with Crippen molar-refractivity contribution in [3.8, 4) is 0 Å². The number of Topliss-reactive ketones (excluding diaryl/α,β-unsaturated/α-hetero) is 1. The van der Waals surface area contributed by atoms with Gasteiger partial charge < -0.3 is 4.90 Å². The van der Waals surface area contributed by atoms with E-state index in [4.69, 9.17) is 0 Å². The number of hydrogen-bond acceptors (Lipinski definition) is 2. The summed E-state index contributed by atoms with van der Waals surface area (Å²) in [4.78, 5) is 13.5. The summed E-state index contributed by atoms with van der Waals surface area (Å²) in [6.45, 7) is 3.17. The third kappa shape index (κ3) is 4.20. The number of carbonyl (C=O) groups excluding carboxylic acids is 1. The van der Waals surface area contributed by atoms with Crippen molar-refractivity contribution >= 4 is 27.4 Å². The minimum absolute atomic E-state index is 0.218. The lowest BCUT2D eigenvalue weighted by molar-refractivity contribution is -0.116. The fourth-order valence-electron chi connectivity index (χ4n) is 2.09. The first-order valence-corrected chi connectivity index (χ1v) is 7.49. The number of hydrogen-bond donors (Lipinski definition) is 0. The molecule has 2 rings (SSSR count). The first-order valence-electron chi connectivity index (χ1n) is 6.69. The Kier molecular flexibility index (Phi) is 5.36. The molecule has 0 saturated carbocycles. The van der Waals surface area contributed by atoms with Crippen molar-refractivity contribution < 1.29 is 4.79 Å². The van der Waals surface area contributed by atoms with Crippen molar-refractivity contribution in [2.75, 3.05) is 11.4 Å². The van der Waals surface area contributed by atoms with Gasteiger partial charge in [0.25, 0.3) is 0 Å². The fraction of sp³-hybridized carbons (Fsp3) is 0.235. The van der Waals surface area contributed by atoms with E-state index in [1.807, 2.05) is 36.4 Å². The van der Waals surface area contributed by atoms with Crippen LogP contribution in [0.25, 0.3) is 0 Å². The van der Waals surface area contributed by atoms with Gasteiger partial charge in [-0.2, -0.15) is 0 Å². The highest BCUT2D eigenvalue weighted by Gasteiger charge is 2.11. The molecule has 0 fully saturated rings. The molecule has 3 heteroatoms. The van der Waals surface area contributed by atoms with Gasteiger partial charge in [-0.3, -0.25) is 4.79 Å². The van der Waals surface area contributed by atoms with Crippen LogP contribution in [0.1, 0.15) is 18.9 Å². The van der Waals surface area contributed by atoms with E-state index in [1.54, 1.807) is 6.92 Å². The van der Waals surface area contributed by atoms with E-state index in [1.165, 1.54) is 5.56 Å². The Morgan fingerprint density at radius 3 is 2.35 bits per heavy atom. The third-order valence-corrected chi connectivity index (χ3v) is 3.81. The van der Waals surface area contributed by atoms with E-state index in [0.717, 1.165) is 23.2 Å². The second-order valence-corrected chi connectivity index (χ2v) is 5.66. The molecule has 20 heavy (non-hydrogen) atoms. The predicted molar refractivity (Wildman–Crippen MR) is 86.9 cm³/mol. The number of para-hydroxylation sites is 1. The fourth-order valence-corrected chi connectivity index (χ4v) is 2.62. The number of carbonyl (C=O) groups is 1. The Bertz CT molecular complexity index is 568. The molecule has 2 aromatic rings. The molecule has 0 saturated heterocycles. The summed E-state index contributed by atoms with van der Waals surface area (Å²) in [7, 11) is 0. The topological polar surface area (TPSA) is 20.3 Å². The Morgan fingerprint density at radius 1 is 1.05 bits per heavy atom. The lowest BCUT2D eigenvalue weighted by Gasteiger charge is -2.25. The number of anilines is 1. The molecule has 2 aromatic carbocycles. The summed E-state index contributed by atoms with van der Waals surface area (Å²) in [5.74, 6) is 0.218. The molecule has 0 atom stereocenters. The van der Waals surface area contributed by atoms with Crippen LogP contribution in [0.15, 0.2) is 59.1 Å². The van der Waals surface area contributed by atoms with Crippen molar-refractivity contribution in [1.82, 2.24) is 0 Å². The van der Waals surface area contributed by atoms with Gasteiger partial charge in [0, 0.05) is 24.0 Å². The van der Waals surface area contributed by atoms with Crippen LogP contribution in [0.5, 0.6) is 0 Å². The molecule has 0 heterocycles. The molecule has 0 aliphatic heterocycles. The van der Waals surface area contributed by atoms with Crippen LogP contribution in [-0.4, -0.2) is 12.3 Å². The van der Waals surface area contributed by atoms with Gasteiger partial charge in [0.1, 0.15) is 5.78 Å². The predicted octanol–water partition coefficient (Wildman–Crippen LogP) is 4.43. The van der Waals surface area contributed by atoms with Gasteiger partial charge in [-0.25, -0.2) is 0 Å². The maximum atomic E-state index is 11.3. The van der Waals surface area contributed by atoms with Crippen molar-refractivity contribution in [3.05, 3.63) is 64.6 Å². The Morgan fingerprint density at radius 2 is 1.70 bits per heavy atom. The number of ketones is 1. The van der Waals surface area contributed by atoms with Crippen LogP contribution in [-0.2, 0) is 11.3 Å². The maximum Gasteiger partial charge on any atom is 0.131 e. The summed E-state index contributed by atoms with van der Waals surface area (Å²) in [5, 5.41) is 0. The van der Waals surface area contributed by atoms with E-state index in [-0.39, 0.29) is 5.78 Å². The van der Waals surface area contributed by atoms with Crippen LogP contribution in [0.3, 0.4) is 0 Å². The van der Waals surface area contributed by atoms with Crippen LogP contribution >= 0.6 is 15.9 Å².